The van der Waals surface area contributed by atoms with Crippen molar-refractivity contribution in [2.24, 2.45) is 5.92 Å². The lowest BCUT2D eigenvalue weighted by Gasteiger charge is -2.11. The molecule has 0 bridgehead atoms. The molecule has 0 fully saturated rings. The lowest BCUT2D eigenvalue weighted by Crippen LogP contribution is -2.45. The van der Waals surface area contributed by atoms with Gasteiger partial charge in [0.2, 0.25) is 0 Å². The van der Waals surface area contributed by atoms with Crippen molar-refractivity contribution in [1.82, 2.24) is 10.6 Å². The van der Waals surface area contributed by atoms with Crippen LogP contribution in [0.1, 0.15) is 20.8 Å². The zero-order valence-electron chi connectivity index (χ0n) is 8.13. The Kier molecular flexibility index (Phi) is 4.87. The zero-order chi connectivity index (χ0) is 10.4. The SMILES string of the molecule is CC(C)CNC(=O)NC(C)C(=O)O. The third-order valence-corrected chi connectivity index (χ3v) is 1.39. The van der Waals surface area contributed by atoms with Gasteiger partial charge in [0, 0.05) is 6.54 Å². The van der Waals surface area contributed by atoms with Crippen molar-refractivity contribution in [3.8, 4) is 0 Å². The highest BCUT2D eigenvalue weighted by atomic mass is 16.4. The highest BCUT2D eigenvalue weighted by molar-refractivity contribution is 5.82. The van der Waals surface area contributed by atoms with Gasteiger partial charge in [-0.3, -0.25) is 4.79 Å². The average molecular weight is 188 g/mol. The first kappa shape index (κ1) is 11.7. The summed E-state index contributed by atoms with van der Waals surface area (Å²) in [7, 11) is 0. The molecular formula is C8H16N2O3. The van der Waals surface area contributed by atoms with Crippen molar-refractivity contribution >= 4 is 12.0 Å². The molecule has 3 N–H and O–H groups in total. The summed E-state index contributed by atoms with van der Waals surface area (Å²) in [4.78, 5) is 21.3. The third-order valence-electron chi connectivity index (χ3n) is 1.39. The first-order valence-electron chi connectivity index (χ1n) is 4.20. The summed E-state index contributed by atoms with van der Waals surface area (Å²) in [6, 6.07) is -1.30. The van der Waals surface area contributed by atoms with Gasteiger partial charge in [-0.15, -0.1) is 0 Å². The molecule has 0 rings (SSSR count). The van der Waals surface area contributed by atoms with Gasteiger partial charge in [0.05, 0.1) is 0 Å². The standard InChI is InChI=1S/C8H16N2O3/c1-5(2)4-9-8(13)10-6(3)7(11)12/h5-6H,4H2,1-3H3,(H,11,12)(H2,9,10,13). The number of carboxylic acid groups (broad SMARTS) is 1. The Labute approximate surface area is 77.5 Å². The van der Waals surface area contributed by atoms with E-state index in [2.05, 4.69) is 10.6 Å². The molecule has 5 heteroatoms. The normalized spacial score (nSPS) is 12.3. The van der Waals surface area contributed by atoms with Crippen molar-refractivity contribution in [3.05, 3.63) is 0 Å². The molecule has 0 aromatic rings. The number of carbonyl (C=O) groups excluding carboxylic acids is 1. The summed E-state index contributed by atoms with van der Waals surface area (Å²) in [6.07, 6.45) is 0. The Bertz CT molecular complexity index is 192. The molecule has 13 heavy (non-hydrogen) atoms. The van der Waals surface area contributed by atoms with Gasteiger partial charge in [0.25, 0.3) is 0 Å². The minimum atomic E-state index is -1.04. The van der Waals surface area contributed by atoms with Gasteiger partial charge in [0.1, 0.15) is 6.04 Å². The third kappa shape index (κ3) is 5.95. The van der Waals surface area contributed by atoms with E-state index >= 15 is 0 Å². The predicted molar refractivity (Wildman–Crippen MR) is 48.5 cm³/mol. The predicted octanol–water partition coefficient (Wildman–Crippen LogP) is 0.415. The number of nitrogens with one attached hydrogen (secondary N) is 2. The fourth-order valence-electron chi connectivity index (χ4n) is 0.606. The number of hydrogen-bond acceptors (Lipinski definition) is 2. The molecule has 0 saturated heterocycles. The Morgan fingerprint density at radius 3 is 2.23 bits per heavy atom. The van der Waals surface area contributed by atoms with E-state index in [1.807, 2.05) is 13.8 Å². The largest absolute Gasteiger partial charge is 0.480 e. The molecule has 0 aromatic heterocycles. The molecule has 76 valence electrons. The van der Waals surface area contributed by atoms with Crippen LogP contribution < -0.4 is 10.6 Å². The van der Waals surface area contributed by atoms with Crippen molar-refractivity contribution in [2.75, 3.05) is 6.54 Å². The zero-order valence-corrected chi connectivity index (χ0v) is 8.13. The van der Waals surface area contributed by atoms with Crippen LogP contribution in [0.25, 0.3) is 0 Å². The van der Waals surface area contributed by atoms with Gasteiger partial charge in [0.15, 0.2) is 0 Å². The lowest BCUT2D eigenvalue weighted by molar-refractivity contribution is -0.138. The van der Waals surface area contributed by atoms with Crippen molar-refractivity contribution in [2.45, 2.75) is 26.8 Å². The molecule has 0 saturated carbocycles. The fourth-order valence-corrected chi connectivity index (χ4v) is 0.606. The van der Waals surface area contributed by atoms with E-state index in [0.717, 1.165) is 0 Å². The molecule has 0 aliphatic rings. The maximum absolute atomic E-state index is 11.0. The van der Waals surface area contributed by atoms with E-state index in [0.29, 0.717) is 12.5 Å². The second kappa shape index (κ2) is 5.40. The van der Waals surface area contributed by atoms with E-state index in [4.69, 9.17) is 5.11 Å². The van der Waals surface area contributed by atoms with Crippen LogP contribution in [0.3, 0.4) is 0 Å². The summed E-state index contributed by atoms with van der Waals surface area (Å²) in [5.74, 6) is -0.689. The molecular weight excluding hydrogens is 172 g/mol. The monoisotopic (exact) mass is 188 g/mol. The van der Waals surface area contributed by atoms with Gasteiger partial charge in [-0.25, -0.2) is 4.79 Å². The van der Waals surface area contributed by atoms with Crippen LogP contribution in [0.2, 0.25) is 0 Å². The Morgan fingerprint density at radius 1 is 1.31 bits per heavy atom. The number of carbonyl (C=O) groups is 2. The number of amides is 2. The molecule has 1 unspecified atom stereocenters. The quantitative estimate of drug-likeness (QED) is 0.598. The van der Waals surface area contributed by atoms with E-state index in [1.54, 1.807) is 0 Å². The molecule has 5 nitrogen and oxygen atoms in total. The topological polar surface area (TPSA) is 78.4 Å². The van der Waals surface area contributed by atoms with Gasteiger partial charge in [-0.05, 0) is 12.8 Å². The van der Waals surface area contributed by atoms with Crippen LogP contribution in [0, 0.1) is 5.92 Å². The molecule has 0 aromatic carbocycles. The second-order valence-electron chi connectivity index (χ2n) is 3.31. The highest BCUT2D eigenvalue weighted by Crippen LogP contribution is 1.87. The fraction of sp³-hybridized carbons (Fsp3) is 0.750. The van der Waals surface area contributed by atoms with E-state index in [-0.39, 0.29) is 0 Å². The van der Waals surface area contributed by atoms with Gasteiger partial charge in [-0.1, -0.05) is 13.8 Å². The smallest absolute Gasteiger partial charge is 0.325 e. The molecule has 0 aliphatic carbocycles. The first-order chi connectivity index (χ1) is 5.93. The molecule has 0 heterocycles. The van der Waals surface area contributed by atoms with Gasteiger partial charge in [-0.2, -0.15) is 0 Å². The Morgan fingerprint density at radius 2 is 1.85 bits per heavy atom. The number of aliphatic carboxylic acids is 1. The van der Waals surface area contributed by atoms with Crippen LogP contribution in [0.15, 0.2) is 0 Å². The number of rotatable bonds is 4. The summed E-state index contributed by atoms with van der Waals surface area (Å²) in [6.45, 7) is 5.87. The van der Waals surface area contributed by atoms with Crippen LogP contribution >= 0.6 is 0 Å². The molecule has 1 atom stereocenters. The first-order valence-corrected chi connectivity index (χ1v) is 4.20. The van der Waals surface area contributed by atoms with Crippen LogP contribution in [0.5, 0.6) is 0 Å². The number of carboxylic acids is 1. The molecule has 0 radical (unpaired) electrons. The maximum atomic E-state index is 11.0. The minimum absolute atomic E-state index is 0.353. The van der Waals surface area contributed by atoms with Crippen molar-refractivity contribution in [1.29, 1.82) is 0 Å². The Hall–Kier alpha value is -1.26. The Balaban J connectivity index is 3.68. The molecule has 0 spiro atoms. The highest BCUT2D eigenvalue weighted by Gasteiger charge is 2.13. The maximum Gasteiger partial charge on any atom is 0.325 e. The summed E-state index contributed by atoms with van der Waals surface area (Å²) in [5, 5.41) is 13.3. The minimum Gasteiger partial charge on any atom is -0.480 e. The van der Waals surface area contributed by atoms with Crippen LogP contribution in [0.4, 0.5) is 4.79 Å². The van der Waals surface area contributed by atoms with Crippen LogP contribution in [-0.2, 0) is 4.79 Å². The van der Waals surface area contributed by atoms with E-state index in [1.165, 1.54) is 6.92 Å². The average Bonchev–Trinajstić information content (AvgIpc) is 2.00. The van der Waals surface area contributed by atoms with Crippen molar-refractivity contribution < 1.29 is 14.7 Å². The van der Waals surface area contributed by atoms with Crippen LogP contribution in [-0.4, -0.2) is 29.7 Å². The number of urea groups is 1. The lowest BCUT2D eigenvalue weighted by atomic mass is 10.2. The summed E-state index contributed by atoms with van der Waals surface area (Å²) < 4.78 is 0. The van der Waals surface area contributed by atoms with Gasteiger partial charge >= 0.3 is 12.0 Å². The molecule has 2 amide bonds. The summed E-state index contributed by atoms with van der Waals surface area (Å²) >= 11 is 0. The summed E-state index contributed by atoms with van der Waals surface area (Å²) in [5.41, 5.74) is 0. The van der Waals surface area contributed by atoms with Gasteiger partial charge < -0.3 is 15.7 Å². The van der Waals surface area contributed by atoms with E-state index < -0.39 is 18.0 Å². The molecule has 0 aliphatic heterocycles. The van der Waals surface area contributed by atoms with E-state index in [9.17, 15) is 9.59 Å². The number of hydrogen-bond donors (Lipinski definition) is 3. The van der Waals surface area contributed by atoms with Crippen molar-refractivity contribution in [3.63, 3.8) is 0 Å². The second-order valence-corrected chi connectivity index (χ2v) is 3.31.